The van der Waals surface area contributed by atoms with E-state index >= 15 is 0 Å². The highest BCUT2D eigenvalue weighted by Gasteiger charge is 2.23. The minimum Gasteiger partial charge on any atom is -0.488 e. The molecule has 1 aliphatic rings. The molecule has 4 heteroatoms. The van der Waals surface area contributed by atoms with Crippen molar-refractivity contribution in [3.05, 3.63) is 83.4 Å². The lowest BCUT2D eigenvalue weighted by Gasteiger charge is -2.12. The van der Waals surface area contributed by atoms with Crippen molar-refractivity contribution in [3.8, 4) is 5.75 Å². The molecule has 4 rings (SSSR count). The minimum atomic E-state index is -0.440. The number of hydrogen-bond donors (Lipinski definition) is 0. The van der Waals surface area contributed by atoms with Crippen LogP contribution in [0.5, 0.6) is 5.75 Å². The number of rotatable bonds is 4. The first-order valence-corrected chi connectivity index (χ1v) is 8.39. The molecule has 0 atom stereocenters. The summed E-state index contributed by atoms with van der Waals surface area (Å²) in [5, 5.41) is 5.84. The molecule has 128 valence electrons. The topological polar surface area (TPSA) is 47.9 Å². The predicted octanol–water partition coefficient (Wildman–Crippen LogP) is 4.73. The summed E-state index contributed by atoms with van der Waals surface area (Å²) in [4.78, 5) is 16.7. The summed E-state index contributed by atoms with van der Waals surface area (Å²) in [5.74, 6) is 0.275. The van der Waals surface area contributed by atoms with Crippen molar-refractivity contribution in [1.29, 1.82) is 0 Å². The molecule has 3 aromatic carbocycles. The summed E-state index contributed by atoms with van der Waals surface area (Å²) < 4.78 is 6.08. The summed E-state index contributed by atoms with van der Waals surface area (Å²) >= 11 is 0. The Bertz CT molecular complexity index is 1040. The SMILES string of the molecule is CC1=NOC(=O)/C1=C/c1c(OCc2ccccc2)ccc2ccccc12. The Kier molecular flexibility index (Phi) is 4.23. The number of nitrogens with zero attached hydrogens (tertiary/aromatic N) is 1. The molecule has 0 aromatic heterocycles. The summed E-state index contributed by atoms with van der Waals surface area (Å²) in [7, 11) is 0. The first-order valence-electron chi connectivity index (χ1n) is 8.39. The predicted molar refractivity (Wildman–Crippen MR) is 102 cm³/mol. The van der Waals surface area contributed by atoms with E-state index < -0.39 is 5.97 Å². The van der Waals surface area contributed by atoms with Gasteiger partial charge in [-0.2, -0.15) is 0 Å². The molecule has 0 saturated heterocycles. The summed E-state index contributed by atoms with van der Waals surface area (Å²) in [6, 6.07) is 21.9. The van der Waals surface area contributed by atoms with E-state index in [0.29, 0.717) is 23.6 Å². The largest absolute Gasteiger partial charge is 0.488 e. The van der Waals surface area contributed by atoms with Crippen LogP contribution < -0.4 is 4.74 Å². The van der Waals surface area contributed by atoms with Crippen LogP contribution in [0.1, 0.15) is 18.1 Å². The van der Waals surface area contributed by atoms with Crippen LogP contribution in [-0.2, 0) is 16.2 Å². The standard InChI is InChI=1S/C22H17NO3/c1-15-19(22(24)26-23-15)13-20-18-10-6-5-9-17(18)11-12-21(20)25-14-16-7-3-2-4-8-16/h2-13H,14H2,1H3/b19-13+. The molecule has 3 aromatic rings. The second kappa shape index (κ2) is 6.84. The van der Waals surface area contributed by atoms with Crippen molar-refractivity contribution in [1.82, 2.24) is 0 Å². The van der Waals surface area contributed by atoms with E-state index in [0.717, 1.165) is 21.9 Å². The fraction of sp³-hybridized carbons (Fsp3) is 0.0909. The van der Waals surface area contributed by atoms with Crippen molar-refractivity contribution in [2.75, 3.05) is 0 Å². The van der Waals surface area contributed by atoms with E-state index in [1.807, 2.05) is 66.7 Å². The summed E-state index contributed by atoms with van der Waals surface area (Å²) in [6.07, 6.45) is 1.80. The molecular weight excluding hydrogens is 326 g/mol. The van der Waals surface area contributed by atoms with Crippen molar-refractivity contribution in [2.45, 2.75) is 13.5 Å². The molecule has 1 aliphatic heterocycles. The Hall–Kier alpha value is -3.40. The molecule has 0 saturated carbocycles. The van der Waals surface area contributed by atoms with Crippen LogP contribution in [0.4, 0.5) is 0 Å². The average molecular weight is 343 g/mol. The molecule has 0 bridgehead atoms. The zero-order chi connectivity index (χ0) is 17.9. The van der Waals surface area contributed by atoms with Crippen LogP contribution in [0.25, 0.3) is 16.8 Å². The van der Waals surface area contributed by atoms with Gasteiger partial charge in [-0.15, -0.1) is 0 Å². The van der Waals surface area contributed by atoms with Gasteiger partial charge in [0.15, 0.2) is 0 Å². The maximum absolute atomic E-state index is 12.0. The van der Waals surface area contributed by atoms with Crippen molar-refractivity contribution in [2.24, 2.45) is 5.16 Å². The van der Waals surface area contributed by atoms with E-state index in [9.17, 15) is 4.79 Å². The molecule has 4 nitrogen and oxygen atoms in total. The molecule has 0 unspecified atom stereocenters. The van der Waals surface area contributed by atoms with Crippen LogP contribution in [0.3, 0.4) is 0 Å². The van der Waals surface area contributed by atoms with Gasteiger partial charge in [0.1, 0.15) is 12.4 Å². The fourth-order valence-electron chi connectivity index (χ4n) is 2.95. The quantitative estimate of drug-likeness (QED) is 0.508. The van der Waals surface area contributed by atoms with Crippen LogP contribution in [0.15, 0.2) is 77.5 Å². The van der Waals surface area contributed by atoms with E-state index in [1.165, 1.54) is 0 Å². The van der Waals surface area contributed by atoms with E-state index in [1.54, 1.807) is 13.0 Å². The van der Waals surface area contributed by atoms with Gasteiger partial charge in [-0.25, -0.2) is 4.79 Å². The second-order valence-electron chi connectivity index (χ2n) is 6.09. The number of oxime groups is 1. The van der Waals surface area contributed by atoms with Gasteiger partial charge < -0.3 is 9.57 Å². The Balaban J connectivity index is 1.78. The lowest BCUT2D eigenvalue weighted by atomic mass is 10.00. The van der Waals surface area contributed by atoms with Gasteiger partial charge in [0, 0.05) is 5.56 Å². The lowest BCUT2D eigenvalue weighted by Crippen LogP contribution is -2.03. The molecule has 26 heavy (non-hydrogen) atoms. The van der Waals surface area contributed by atoms with Crippen LogP contribution >= 0.6 is 0 Å². The first kappa shape index (κ1) is 16.1. The molecule has 0 radical (unpaired) electrons. The van der Waals surface area contributed by atoms with Gasteiger partial charge in [0.25, 0.3) is 0 Å². The first-order chi connectivity index (χ1) is 12.7. The van der Waals surface area contributed by atoms with Gasteiger partial charge >= 0.3 is 5.97 Å². The number of benzene rings is 3. The summed E-state index contributed by atoms with van der Waals surface area (Å²) in [6.45, 7) is 2.21. The van der Waals surface area contributed by atoms with Gasteiger partial charge in [-0.05, 0) is 35.4 Å². The number of hydrogen-bond acceptors (Lipinski definition) is 4. The Labute approximate surface area is 151 Å². The third kappa shape index (κ3) is 3.09. The molecule has 1 heterocycles. The third-order valence-electron chi connectivity index (χ3n) is 4.33. The maximum atomic E-state index is 12.0. The molecule has 0 N–H and O–H groups in total. The highest BCUT2D eigenvalue weighted by Crippen LogP contribution is 2.32. The highest BCUT2D eigenvalue weighted by atomic mass is 16.7. The average Bonchev–Trinajstić information content (AvgIpc) is 3.00. The monoisotopic (exact) mass is 343 g/mol. The fourth-order valence-corrected chi connectivity index (χ4v) is 2.95. The number of carbonyl (C=O) groups is 1. The van der Waals surface area contributed by atoms with Crippen molar-refractivity contribution >= 4 is 28.5 Å². The van der Waals surface area contributed by atoms with Crippen LogP contribution in [0.2, 0.25) is 0 Å². The molecule has 0 aliphatic carbocycles. The molecular formula is C22H17NO3. The number of fused-ring (bicyclic) bond motifs is 1. The van der Waals surface area contributed by atoms with Crippen molar-refractivity contribution in [3.63, 3.8) is 0 Å². The van der Waals surface area contributed by atoms with Gasteiger partial charge in [-0.3, -0.25) is 0 Å². The van der Waals surface area contributed by atoms with E-state index in [2.05, 4.69) is 5.16 Å². The second-order valence-corrected chi connectivity index (χ2v) is 6.09. The van der Waals surface area contributed by atoms with Crippen LogP contribution in [-0.4, -0.2) is 11.7 Å². The minimum absolute atomic E-state index is 0.440. The smallest absolute Gasteiger partial charge is 0.367 e. The maximum Gasteiger partial charge on any atom is 0.367 e. The molecule has 0 spiro atoms. The van der Waals surface area contributed by atoms with Crippen molar-refractivity contribution < 1.29 is 14.4 Å². The molecule has 0 amide bonds. The van der Waals surface area contributed by atoms with Gasteiger partial charge in [0.05, 0.1) is 11.3 Å². The number of ether oxygens (including phenoxy) is 1. The number of carbonyl (C=O) groups excluding carboxylic acids is 1. The Morgan fingerprint density at radius 3 is 2.54 bits per heavy atom. The zero-order valence-corrected chi connectivity index (χ0v) is 14.3. The normalized spacial score (nSPS) is 15.2. The Morgan fingerprint density at radius 1 is 1.00 bits per heavy atom. The zero-order valence-electron chi connectivity index (χ0n) is 14.3. The van der Waals surface area contributed by atoms with E-state index in [4.69, 9.17) is 9.57 Å². The lowest BCUT2D eigenvalue weighted by molar-refractivity contribution is -0.136. The highest BCUT2D eigenvalue weighted by molar-refractivity contribution is 6.25. The van der Waals surface area contributed by atoms with E-state index in [-0.39, 0.29) is 0 Å². The molecule has 0 fully saturated rings. The third-order valence-corrected chi connectivity index (χ3v) is 4.33. The van der Waals surface area contributed by atoms with Crippen LogP contribution in [0, 0.1) is 0 Å². The van der Waals surface area contributed by atoms with Gasteiger partial charge in [0.2, 0.25) is 0 Å². The van der Waals surface area contributed by atoms with Gasteiger partial charge in [-0.1, -0.05) is 65.8 Å². The Morgan fingerprint density at radius 2 is 1.77 bits per heavy atom. The summed E-state index contributed by atoms with van der Waals surface area (Å²) in [5.41, 5.74) is 2.95.